The summed E-state index contributed by atoms with van der Waals surface area (Å²) in [5.41, 5.74) is 1.14. The number of carboxylic acid groups (broad SMARTS) is 1. The molecule has 0 aromatic carbocycles. The SMILES string of the molecule is CC(=O)N[C@@H](CS/C(Cl)=C\Cl)C(=O)O. The first kappa shape index (κ1) is 13.6. The molecular weight excluding hydrogens is 249 g/mol. The van der Waals surface area contributed by atoms with Crippen molar-refractivity contribution in [1.82, 2.24) is 5.32 Å². The van der Waals surface area contributed by atoms with Gasteiger partial charge < -0.3 is 10.4 Å². The molecule has 0 aliphatic carbocycles. The van der Waals surface area contributed by atoms with Crippen LogP contribution in [-0.4, -0.2) is 28.8 Å². The van der Waals surface area contributed by atoms with Gasteiger partial charge in [0, 0.05) is 18.2 Å². The van der Waals surface area contributed by atoms with Crippen molar-refractivity contribution in [3.05, 3.63) is 9.90 Å². The predicted octanol–water partition coefficient (Wildman–Crippen LogP) is 1.59. The van der Waals surface area contributed by atoms with Crippen molar-refractivity contribution in [1.29, 1.82) is 0 Å². The molecule has 0 saturated carbocycles. The van der Waals surface area contributed by atoms with Gasteiger partial charge in [-0.2, -0.15) is 0 Å². The standard InChI is InChI=1S/C7H9Cl2NO3S/c1-4(11)10-5(7(12)13)3-14-6(9)2-8/h2,5H,3H2,1H3,(H,10,11)(H,12,13)/b6-2-/t5-/m0/s1. The second-order valence-corrected chi connectivity index (χ2v) is 4.23. The van der Waals surface area contributed by atoms with E-state index in [4.69, 9.17) is 28.3 Å². The van der Waals surface area contributed by atoms with Gasteiger partial charge in [-0.1, -0.05) is 23.2 Å². The molecule has 0 saturated heterocycles. The number of aliphatic carboxylic acids is 1. The lowest BCUT2D eigenvalue weighted by molar-refractivity contribution is -0.140. The highest BCUT2D eigenvalue weighted by Crippen LogP contribution is 2.21. The monoisotopic (exact) mass is 257 g/mol. The van der Waals surface area contributed by atoms with Crippen LogP contribution < -0.4 is 5.32 Å². The lowest BCUT2D eigenvalue weighted by atomic mass is 10.3. The van der Waals surface area contributed by atoms with Crippen molar-refractivity contribution in [2.24, 2.45) is 0 Å². The number of rotatable bonds is 5. The van der Waals surface area contributed by atoms with Gasteiger partial charge in [0.15, 0.2) is 0 Å². The molecule has 14 heavy (non-hydrogen) atoms. The van der Waals surface area contributed by atoms with Crippen molar-refractivity contribution >= 4 is 46.8 Å². The Morgan fingerprint density at radius 2 is 2.21 bits per heavy atom. The van der Waals surface area contributed by atoms with Gasteiger partial charge in [0.25, 0.3) is 0 Å². The number of carbonyl (C=O) groups excluding carboxylic acids is 1. The number of hydrogen-bond acceptors (Lipinski definition) is 3. The molecule has 2 N–H and O–H groups in total. The van der Waals surface area contributed by atoms with E-state index in [9.17, 15) is 9.59 Å². The summed E-state index contributed by atoms with van der Waals surface area (Å²) in [5.74, 6) is -1.37. The number of amides is 1. The first-order chi connectivity index (χ1) is 6.47. The van der Waals surface area contributed by atoms with E-state index >= 15 is 0 Å². The largest absolute Gasteiger partial charge is 0.480 e. The summed E-state index contributed by atoms with van der Waals surface area (Å²) in [7, 11) is 0. The van der Waals surface area contributed by atoms with Crippen LogP contribution in [-0.2, 0) is 9.59 Å². The van der Waals surface area contributed by atoms with Gasteiger partial charge in [-0.25, -0.2) is 4.79 Å². The van der Waals surface area contributed by atoms with Crippen molar-refractivity contribution in [2.45, 2.75) is 13.0 Å². The molecule has 0 heterocycles. The Kier molecular flexibility index (Phi) is 6.78. The number of carboxylic acids is 1. The number of hydrogen-bond donors (Lipinski definition) is 2. The molecule has 0 fully saturated rings. The Hall–Kier alpha value is -0.390. The van der Waals surface area contributed by atoms with E-state index in [0.29, 0.717) is 0 Å². The molecule has 4 nitrogen and oxygen atoms in total. The third-order valence-electron chi connectivity index (χ3n) is 1.15. The van der Waals surface area contributed by atoms with Crippen LogP contribution in [0, 0.1) is 0 Å². The quantitative estimate of drug-likeness (QED) is 0.785. The third kappa shape index (κ3) is 6.12. The number of carbonyl (C=O) groups is 2. The van der Waals surface area contributed by atoms with Crippen LogP contribution in [0.1, 0.15) is 6.92 Å². The molecule has 0 spiro atoms. The Labute approximate surface area is 95.6 Å². The van der Waals surface area contributed by atoms with E-state index in [2.05, 4.69) is 5.32 Å². The number of nitrogens with one attached hydrogen (secondary N) is 1. The van der Waals surface area contributed by atoms with Gasteiger partial charge in [-0.3, -0.25) is 4.79 Å². The maximum Gasteiger partial charge on any atom is 0.327 e. The summed E-state index contributed by atoms with van der Waals surface area (Å²) >= 11 is 11.9. The second-order valence-electron chi connectivity index (χ2n) is 2.32. The Balaban J connectivity index is 4.11. The van der Waals surface area contributed by atoms with Crippen LogP contribution in [0.2, 0.25) is 0 Å². The molecule has 1 amide bonds. The average molecular weight is 258 g/mol. The summed E-state index contributed by atoms with van der Waals surface area (Å²) in [6.07, 6.45) is 0. The van der Waals surface area contributed by atoms with E-state index in [1.165, 1.54) is 6.92 Å². The molecule has 0 aromatic rings. The van der Waals surface area contributed by atoms with Crippen LogP contribution in [0.15, 0.2) is 9.90 Å². The van der Waals surface area contributed by atoms with Gasteiger partial charge in [-0.15, -0.1) is 11.8 Å². The van der Waals surface area contributed by atoms with E-state index in [0.717, 1.165) is 17.3 Å². The summed E-state index contributed by atoms with van der Waals surface area (Å²) in [5, 5.41) is 11.0. The first-order valence-corrected chi connectivity index (χ1v) is 5.36. The fourth-order valence-corrected chi connectivity index (χ4v) is 1.61. The lowest BCUT2D eigenvalue weighted by Crippen LogP contribution is -2.41. The summed E-state index contributed by atoms with van der Waals surface area (Å²) in [6, 6.07) is -0.956. The van der Waals surface area contributed by atoms with Crippen LogP contribution in [0.25, 0.3) is 0 Å². The smallest absolute Gasteiger partial charge is 0.327 e. The molecule has 0 radical (unpaired) electrons. The normalized spacial score (nSPS) is 13.5. The third-order valence-corrected chi connectivity index (χ3v) is 2.94. The summed E-state index contributed by atoms with van der Waals surface area (Å²) in [6.45, 7) is 1.25. The highest BCUT2D eigenvalue weighted by atomic mass is 35.5. The highest BCUT2D eigenvalue weighted by molar-refractivity contribution is 8.04. The maximum atomic E-state index is 10.6. The minimum atomic E-state index is -1.10. The molecule has 0 bridgehead atoms. The molecule has 0 aliphatic heterocycles. The maximum absolute atomic E-state index is 10.6. The first-order valence-electron chi connectivity index (χ1n) is 3.56. The Bertz CT molecular complexity index is 257. The molecule has 0 aliphatic rings. The van der Waals surface area contributed by atoms with E-state index in [1.54, 1.807) is 0 Å². The van der Waals surface area contributed by atoms with E-state index in [-0.39, 0.29) is 10.1 Å². The van der Waals surface area contributed by atoms with Gasteiger partial charge in [-0.05, 0) is 0 Å². The molecule has 7 heteroatoms. The zero-order chi connectivity index (χ0) is 11.1. The number of halogens is 2. The van der Waals surface area contributed by atoms with Crippen LogP contribution in [0.5, 0.6) is 0 Å². The minimum absolute atomic E-state index is 0.136. The Morgan fingerprint density at radius 3 is 2.57 bits per heavy atom. The fourth-order valence-electron chi connectivity index (χ4n) is 0.614. The fraction of sp³-hybridized carbons (Fsp3) is 0.429. The second kappa shape index (κ2) is 6.98. The average Bonchev–Trinajstić information content (AvgIpc) is 2.10. The van der Waals surface area contributed by atoms with Crippen molar-refractivity contribution in [3.63, 3.8) is 0 Å². The topological polar surface area (TPSA) is 66.4 Å². The summed E-state index contributed by atoms with van der Waals surface area (Å²) < 4.78 is 0.281. The van der Waals surface area contributed by atoms with Gasteiger partial charge in [0.2, 0.25) is 5.91 Å². The van der Waals surface area contributed by atoms with E-state index < -0.39 is 17.9 Å². The van der Waals surface area contributed by atoms with Crippen molar-refractivity contribution < 1.29 is 14.7 Å². The molecular formula is C7H9Cl2NO3S. The van der Waals surface area contributed by atoms with Crippen molar-refractivity contribution in [2.75, 3.05) is 5.75 Å². The van der Waals surface area contributed by atoms with E-state index in [1.807, 2.05) is 0 Å². The number of thioether (sulfide) groups is 1. The van der Waals surface area contributed by atoms with Crippen LogP contribution in [0.3, 0.4) is 0 Å². The lowest BCUT2D eigenvalue weighted by Gasteiger charge is -2.11. The van der Waals surface area contributed by atoms with Gasteiger partial charge >= 0.3 is 5.97 Å². The molecule has 80 valence electrons. The van der Waals surface area contributed by atoms with Crippen LogP contribution >= 0.6 is 35.0 Å². The molecule has 0 unspecified atom stereocenters. The van der Waals surface area contributed by atoms with Crippen molar-refractivity contribution in [3.8, 4) is 0 Å². The molecule has 0 rings (SSSR count). The summed E-state index contributed by atoms with van der Waals surface area (Å²) in [4.78, 5) is 21.2. The Morgan fingerprint density at radius 1 is 1.64 bits per heavy atom. The van der Waals surface area contributed by atoms with Crippen LogP contribution in [0.4, 0.5) is 0 Å². The molecule has 0 aromatic heterocycles. The minimum Gasteiger partial charge on any atom is -0.480 e. The van der Waals surface area contributed by atoms with Gasteiger partial charge in [0.1, 0.15) is 6.04 Å². The zero-order valence-electron chi connectivity index (χ0n) is 7.29. The predicted molar refractivity (Wildman–Crippen MR) is 57.5 cm³/mol. The molecule has 1 atom stereocenters. The zero-order valence-corrected chi connectivity index (χ0v) is 9.62. The van der Waals surface area contributed by atoms with Gasteiger partial charge in [0.05, 0.1) is 4.36 Å². The highest BCUT2D eigenvalue weighted by Gasteiger charge is 2.18.